The van der Waals surface area contributed by atoms with E-state index in [1.807, 2.05) is 35.2 Å². The van der Waals surface area contributed by atoms with Gasteiger partial charge in [-0.05, 0) is 49.4 Å². The molecular weight excluding hydrogens is 743 g/mol. The zero-order valence-corrected chi connectivity index (χ0v) is 32.6. The van der Waals surface area contributed by atoms with Gasteiger partial charge in [0.25, 0.3) is 5.56 Å². The van der Waals surface area contributed by atoms with Gasteiger partial charge in [0, 0.05) is 81.9 Å². The summed E-state index contributed by atoms with van der Waals surface area (Å²) >= 11 is 14.3. The molecule has 0 bridgehead atoms. The van der Waals surface area contributed by atoms with Crippen molar-refractivity contribution < 1.29 is 14.3 Å². The summed E-state index contributed by atoms with van der Waals surface area (Å²) in [6.07, 6.45) is 5.13. The average Bonchev–Trinajstić information content (AvgIpc) is 3.81. The first kappa shape index (κ1) is 37.0. The van der Waals surface area contributed by atoms with Crippen molar-refractivity contribution in [2.24, 2.45) is 14.1 Å². The fourth-order valence-corrected chi connectivity index (χ4v) is 9.07. The number of methoxy groups -OCH3 is 2. The van der Waals surface area contributed by atoms with Gasteiger partial charge in [-0.15, -0.1) is 0 Å². The van der Waals surface area contributed by atoms with Crippen LogP contribution < -0.4 is 26.6 Å². The first-order valence-electron chi connectivity index (χ1n) is 18.3. The van der Waals surface area contributed by atoms with Crippen molar-refractivity contribution in [1.82, 2.24) is 34.2 Å². The molecule has 5 aromatic rings. The molecule has 0 saturated carbocycles. The van der Waals surface area contributed by atoms with Crippen LogP contribution >= 0.6 is 23.2 Å². The van der Waals surface area contributed by atoms with Crippen molar-refractivity contribution in [2.75, 3.05) is 52.3 Å². The van der Waals surface area contributed by atoms with Crippen LogP contribution in [-0.4, -0.2) is 87.5 Å². The number of anilines is 2. The molecule has 1 spiro atoms. The van der Waals surface area contributed by atoms with Crippen LogP contribution in [0.5, 0.6) is 5.88 Å². The normalized spacial score (nSPS) is 19.6. The number of fused-ring (bicyclic) bond motifs is 2. The van der Waals surface area contributed by atoms with Crippen molar-refractivity contribution in [3.63, 3.8) is 0 Å². The molecule has 286 valence electrons. The number of hydrogen-bond acceptors (Lipinski definition) is 9. The molecule has 2 aliphatic heterocycles. The van der Waals surface area contributed by atoms with Crippen LogP contribution in [0.1, 0.15) is 36.4 Å². The lowest BCUT2D eigenvalue weighted by molar-refractivity contribution is 0.114. The molecule has 0 radical (unpaired) electrons. The minimum absolute atomic E-state index is 0.0210. The number of likely N-dealkylation sites (tertiary alicyclic amines) is 1. The van der Waals surface area contributed by atoms with E-state index in [1.54, 1.807) is 33.4 Å². The molecular formula is C40H42Cl2N8O5. The summed E-state index contributed by atoms with van der Waals surface area (Å²) in [6, 6.07) is 15.1. The molecule has 2 amide bonds. The second-order valence-corrected chi connectivity index (χ2v) is 15.3. The molecule has 3 aliphatic rings. The fraction of sp³-hybridized carbons (Fsp3) is 0.375. The minimum atomic E-state index is -0.465. The van der Waals surface area contributed by atoms with E-state index in [9.17, 15) is 14.4 Å². The largest absolute Gasteiger partial charge is 0.481 e. The summed E-state index contributed by atoms with van der Waals surface area (Å²) in [4.78, 5) is 52.5. The highest BCUT2D eigenvalue weighted by Gasteiger charge is 2.46. The van der Waals surface area contributed by atoms with E-state index >= 15 is 0 Å². The molecule has 2 N–H and O–H groups in total. The van der Waals surface area contributed by atoms with Crippen LogP contribution in [0.3, 0.4) is 0 Å². The Hall–Kier alpha value is -4.95. The molecule has 0 unspecified atom stereocenters. The van der Waals surface area contributed by atoms with Crippen LogP contribution in [0, 0.1) is 0 Å². The second kappa shape index (κ2) is 14.6. The number of urea groups is 1. The zero-order valence-electron chi connectivity index (χ0n) is 31.1. The molecule has 55 heavy (non-hydrogen) atoms. The Morgan fingerprint density at radius 2 is 1.71 bits per heavy atom. The van der Waals surface area contributed by atoms with Gasteiger partial charge in [-0.2, -0.15) is 0 Å². The third kappa shape index (κ3) is 6.42. The van der Waals surface area contributed by atoms with Gasteiger partial charge < -0.3 is 25.0 Å². The van der Waals surface area contributed by atoms with E-state index in [0.29, 0.717) is 57.1 Å². The lowest BCUT2D eigenvalue weighted by atomic mass is 9.92. The van der Waals surface area contributed by atoms with Crippen molar-refractivity contribution >= 4 is 51.6 Å². The van der Waals surface area contributed by atoms with Crippen molar-refractivity contribution in [3.05, 3.63) is 96.7 Å². The standard InChI is InChI=1S/C40H42Cl2N8O5/c1-47-29-13-16-43-35(32(29)37(51)48(2)39(47)53)44-27-10-6-8-25(34(27)42)24-7-5-9-26(33(24)41)28-21-23-11-12-30(31(23)36(45-28)55-4)50-18-15-40(22-50)14-17-49(19-20-54-3)38(52)46-40/h5-10,13,16,21,30H,11-12,14-15,17-20,22H2,1-4H3,(H,43,44)(H,46,52)/t30-,40-/m0/s1. The van der Waals surface area contributed by atoms with Gasteiger partial charge in [0.05, 0.1) is 46.2 Å². The summed E-state index contributed by atoms with van der Waals surface area (Å²) < 4.78 is 13.6. The van der Waals surface area contributed by atoms with Gasteiger partial charge in [0.2, 0.25) is 5.88 Å². The molecule has 3 aromatic heterocycles. The topological polar surface area (TPSA) is 136 Å². The lowest BCUT2D eigenvalue weighted by Gasteiger charge is -2.40. The molecule has 5 heterocycles. The number of pyridine rings is 2. The first-order valence-corrected chi connectivity index (χ1v) is 19.1. The fourth-order valence-electron chi connectivity index (χ4n) is 8.47. The van der Waals surface area contributed by atoms with E-state index in [0.717, 1.165) is 61.0 Å². The number of amides is 2. The van der Waals surface area contributed by atoms with Gasteiger partial charge in [0.1, 0.15) is 11.2 Å². The summed E-state index contributed by atoms with van der Waals surface area (Å²) in [7, 11) is 6.35. The first-order chi connectivity index (χ1) is 26.5. The summed E-state index contributed by atoms with van der Waals surface area (Å²) in [5.74, 6) is 0.851. The van der Waals surface area contributed by atoms with Crippen molar-refractivity contribution in [2.45, 2.75) is 37.3 Å². The summed E-state index contributed by atoms with van der Waals surface area (Å²) in [5, 5.41) is 7.69. The number of carbonyl (C=O) groups is 1. The van der Waals surface area contributed by atoms with Crippen molar-refractivity contribution in [1.29, 1.82) is 0 Å². The maximum Gasteiger partial charge on any atom is 0.330 e. The van der Waals surface area contributed by atoms with Crippen LogP contribution in [0.2, 0.25) is 10.0 Å². The highest BCUT2D eigenvalue weighted by atomic mass is 35.5. The van der Waals surface area contributed by atoms with Crippen LogP contribution in [0.4, 0.5) is 16.3 Å². The quantitative estimate of drug-likeness (QED) is 0.187. The highest BCUT2D eigenvalue weighted by Crippen LogP contribution is 2.47. The zero-order chi connectivity index (χ0) is 38.6. The Morgan fingerprint density at radius 1 is 0.964 bits per heavy atom. The predicted molar refractivity (Wildman–Crippen MR) is 214 cm³/mol. The summed E-state index contributed by atoms with van der Waals surface area (Å²) in [5.41, 5.74) is 4.90. The van der Waals surface area contributed by atoms with E-state index in [1.165, 1.54) is 23.4 Å². The van der Waals surface area contributed by atoms with Gasteiger partial charge in [-0.1, -0.05) is 53.5 Å². The van der Waals surface area contributed by atoms with Gasteiger partial charge >= 0.3 is 11.7 Å². The van der Waals surface area contributed by atoms with E-state index in [-0.39, 0.29) is 28.8 Å². The molecule has 8 rings (SSSR count). The number of benzene rings is 2. The molecule has 15 heteroatoms. The van der Waals surface area contributed by atoms with E-state index in [4.69, 9.17) is 37.7 Å². The predicted octanol–water partition coefficient (Wildman–Crippen LogP) is 5.91. The Balaban J connectivity index is 1.07. The molecule has 2 fully saturated rings. The Labute approximate surface area is 327 Å². The Morgan fingerprint density at radius 3 is 2.47 bits per heavy atom. The minimum Gasteiger partial charge on any atom is -0.481 e. The smallest absolute Gasteiger partial charge is 0.330 e. The number of nitrogens with one attached hydrogen (secondary N) is 2. The SMILES string of the molecule is COCCN1CC[C@@]2(CCN([C@H]3CCc4cc(-c5cccc(-c6cccc(Nc7nccc8c7c(=O)n(C)c(=O)n8C)c6Cl)c5Cl)nc(OC)c43)C2)NC1=O. The number of rotatable bonds is 9. The van der Waals surface area contributed by atoms with Gasteiger partial charge in [-0.3, -0.25) is 18.8 Å². The molecule has 13 nitrogen and oxygen atoms in total. The molecule has 2 atom stereocenters. The second-order valence-electron chi connectivity index (χ2n) is 14.5. The average molecular weight is 786 g/mol. The lowest BCUT2D eigenvalue weighted by Crippen LogP contribution is -2.61. The molecule has 2 aromatic carbocycles. The van der Waals surface area contributed by atoms with Crippen LogP contribution in [0.15, 0.2) is 64.3 Å². The van der Waals surface area contributed by atoms with E-state index < -0.39 is 11.2 Å². The van der Waals surface area contributed by atoms with E-state index in [2.05, 4.69) is 26.6 Å². The number of ether oxygens (including phenoxy) is 2. The highest BCUT2D eigenvalue weighted by molar-refractivity contribution is 6.39. The van der Waals surface area contributed by atoms with Crippen LogP contribution in [0.25, 0.3) is 33.3 Å². The number of aryl methyl sites for hydroxylation is 2. The maximum atomic E-state index is 13.2. The maximum absolute atomic E-state index is 13.2. The summed E-state index contributed by atoms with van der Waals surface area (Å²) in [6.45, 7) is 3.49. The number of nitrogens with zero attached hydrogens (tertiary/aromatic N) is 6. The van der Waals surface area contributed by atoms with Gasteiger partial charge in [-0.25, -0.2) is 19.6 Å². The number of carbonyl (C=O) groups excluding carboxylic acids is 1. The molecule has 2 saturated heterocycles. The van der Waals surface area contributed by atoms with Gasteiger partial charge in [0.15, 0.2) is 0 Å². The number of hydrogen-bond donors (Lipinski definition) is 2. The Bertz CT molecular complexity index is 2470. The third-order valence-electron chi connectivity index (χ3n) is 11.4. The molecule has 1 aliphatic carbocycles. The Kier molecular flexibility index (Phi) is 9.83. The third-order valence-corrected chi connectivity index (χ3v) is 12.2. The monoisotopic (exact) mass is 784 g/mol. The van der Waals surface area contributed by atoms with Crippen LogP contribution in [-0.2, 0) is 25.3 Å². The number of halogens is 2. The van der Waals surface area contributed by atoms with Crippen molar-refractivity contribution in [3.8, 4) is 28.3 Å². The number of aromatic nitrogens is 4.